The highest BCUT2D eigenvalue weighted by Gasteiger charge is 2.39. The van der Waals surface area contributed by atoms with E-state index in [1.54, 1.807) is 19.9 Å². The summed E-state index contributed by atoms with van der Waals surface area (Å²) in [5, 5.41) is 3.85. The fourth-order valence-electron chi connectivity index (χ4n) is 3.56. The molecule has 0 spiro atoms. The summed E-state index contributed by atoms with van der Waals surface area (Å²) in [6.07, 6.45) is 2.75. The van der Waals surface area contributed by atoms with Gasteiger partial charge in [0, 0.05) is 28.5 Å². The quantitative estimate of drug-likeness (QED) is 0.295. The molecule has 1 aliphatic heterocycles. The summed E-state index contributed by atoms with van der Waals surface area (Å²) in [5.41, 5.74) is 1.70. The topological polar surface area (TPSA) is 108 Å². The largest absolute Gasteiger partial charge is 0.493 e. The number of benzene rings is 1. The van der Waals surface area contributed by atoms with Crippen LogP contribution in [-0.4, -0.2) is 52.8 Å². The predicted octanol–water partition coefficient (Wildman–Crippen LogP) is 3.22. The number of methoxy groups -OCH3 is 2. The lowest BCUT2D eigenvalue weighted by Gasteiger charge is -2.31. The Morgan fingerprint density at radius 1 is 1.03 bits per heavy atom. The van der Waals surface area contributed by atoms with E-state index in [9.17, 15) is 18.0 Å². The van der Waals surface area contributed by atoms with Crippen LogP contribution in [0.3, 0.4) is 0 Å². The molecule has 0 aliphatic carbocycles. The molecule has 1 N–H and O–H groups in total. The van der Waals surface area contributed by atoms with E-state index in [1.807, 2.05) is 0 Å². The Morgan fingerprint density at radius 3 is 2.06 bits per heavy atom. The van der Waals surface area contributed by atoms with Crippen molar-refractivity contribution in [1.82, 2.24) is 5.32 Å². The van der Waals surface area contributed by atoms with Crippen LogP contribution in [0.1, 0.15) is 38.2 Å². The molecule has 0 amide bonds. The lowest BCUT2D eigenvalue weighted by Crippen LogP contribution is -2.32. The van der Waals surface area contributed by atoms with Crippen molar-refractivity contribution in [3.8, 4) is 5.75 Å². The molecule has 8 nitrogen and oxygen atoms in total. The van der Waals surface area contributed by atoms with Crippen LogP contribution in [0.2, 0.25) is 0 Å². The highest BCUT2D eigenvalue weighted by atomic mass is 79.9. The smallest absolute Gasteiger partial charge is 0.336 e. The Morgan fingerprint density at radius 2 is 1.59 bits per heavy atom. The lowest BCUT2D eigenvalue weighted by atomic mass is 9.80. The fourth-order valence-corrected chi connectivity index (χ4v) is 4.61. The summed E-state index contributed by atoms with van der Waals surface area (Å²) in [5.74, 6) is -1.86. The van der Waals surface area contributed by atoms with Gasteiger partial charge in [-0.2, -0.15) is 0 Å². The van der Waals surface area contributed by atoms with Gasteiger partial charge in [-0.15, -0.1) is 0 Å². The van der Waals surface area contributed by atoms with Crippen molar-refractivity contribution in [2.24, 2.45) is 0 Å². The minimum absolute atomic E-state index is 0.0441. The van der Waals surface area contributed by atoms with Gasteiger partial charge >= 0.3 is 11.9 Å². The first-order valence-corrected chi connectivity index (χ1v) is 13.0. The molecule has 0 radical (unpaired) electrons. The van der Waals surface area contributed by atoms with Crippen molar-refractivity contribution in [3.63, 3.8) is 0 Å². The van der Waals surface area contributed by atoms with E-state index in [1.165, 1.54) is 26.4 Å². The van der Waals surface area contributed by atoms with E-state index < -0.39 is 27.7 Å². The first-order chi connectivity index (χ1) is 15.1. The van der Waals surface area contributed by atoms with E-state index in [0.717, 1.165) is 24.4 Å². The number of hydrogen-bond acceptors (Lipinski definition) is 8. The van der Waals surface area contributed by atoms with Crippen LogP contribution < -0.4 is 10.1 Å². The number of esters is 2. The number of sulfone groups is 1. The van der Waals surface area contributed by atoms with Gasteiger partial charge in [-0.1, -0.05) is 15.9 Å². The SMILES string of the molecule is COC(=O)C1=C(C)NC(C)=C(C(=O)OC)C1c1cc(S(C)(=O)=O)ccc1OCCCCBr. The number of halogens is 1. The molecule has 1 aromatic rings. The summed E-state index contributed by atoms with van der Waals surface area (Å²) in [4.78, 5) is 25.6. The molecular weight excluding hydrogens is 502 g/mol. The maximum Gasteiger partial charge on any atom is 0.336 e. The van der Waals surface area contributed by atoms with Crippen LogP contribution in [0.15, 0.2) is 45.6 Å². The van der Waals surface area contributed by atoms with Crippen molar-refractivity contribution in [2.75, 3.05) is 32.4 Å². The first-order valence-electron chi connectivity index (χ1n) is 9.94. The normalized spacial score (nSPS) is 14.8. The number of rotatable bonds is 9. The summed E-state index contributed by atoms with van der Waals surface area (Å²) >= 11 is 3.38. The number of carbonyl (C=O) groups is 2. The molecule has 0 bridgehead atoms. The van der Waals surface area contributed by atoms with Gasteiger partial charge in [-0.05, 0) is 44.9 Å². The molecule has 1 aromatic carbocycles. The van der Waals surface area contributed by atoms with Gasteiger partial charge in [0.2, 0.25) is 0 Å². The first kappa shape index (κ1) is 25.9. The molecule has 32 heavy (non-hydrogen) atoms. The zero-order valence-corrected chi connectivity index (χ0v) is 21.2. The maximum atomic E-state index is 12.8. The lowest BCUT2D eigenvalue weighted by molar-refractivity contribution is -0.137. The molecule has 0 unspecified atom stereocenters. The molecule has 0 saturated heterocycles. The third kappa shape index (κ3) is 5.72. The average Bonchev–Trinajstić information content (AvgIpc) is 2.74. The zero-order valence-electron chi connectivity index (χ0n) is 18.8. The van der Waals surface area contributed by atoms with Crippen molar-refractivity contribution in [3.05, 3.63) is 46.3 Å². The van der Waals surface area contributed by atoms with Crippen LogP contribution >= 0.6 is 15.9 Å². The second-order valence-corrected chi connectivity index (χ2v) is 10.1. The third-order valence-electron chi connectivity index (χ3n) is 5.08. The molecule has 176 valence electrons. The van der Waals surface area contributed by atoms with Crippen molar-refractivity contribution in [2.45, 2.75) is 37.5 Å². The van der Waals surface area contributed by atoms with E-state index in [4.69, 9.17) is 14.2 Å². The average molecular weight is 530 g/mol. The molecule has 10 heteroatoms. The Hall–Kier alpha value is -2.33. The van der Waals surface area contributed by atoms with Gasteiger partial charge in [-0.25, -0.2) is 18.0 Å². The Bertz CT molecular complexity index is 1020. The summed E-state index contributed by atoms with van der Waals surface area (Å²) in [6.45, 7) is 3.76. The number of carbonyl (C=O) groups excluding carboxylic acids is 2. The Labute approximate surface area is 197 Å². The van der Waals surface area contributed by atoms with Gasteiger partial charge in [0.15, 0.2) is 9.84 Å². The van der Waals surface area contributed by atoms with Gasteiger partial charge < -0.3 is 19.5 Å². The highest BCUT2D eigenvalue weighted by Crippen LogP contribution is 2.43. The fraction of sp³-hybridized carbons (Fsp3) is 0.455. The second kappa shape index (κ2) is 11.0. The van der Waals surface area contributed by atoms with Crippen molar-refractivity contribution < 1.29 is 32.2 Å². The molecule has 1 heterocycles. The van der Waals surface area contributed by atoms with E-state index in [2.05, 4.69) is 21.2 Å². The number of nitrogens with one attached hydrogen (secondary N) is 1. The van der Waals surface area contributed by atoms with Crippen LogP contribution in [0.5, 0.6) is 5.75 Å². The minimum Gasteiger partial charge on any atom is -0.493 e. The molecule has 0 aromatic heterocycles. The van der Waals surface area contributed by atoms with Crippen molar-refractivity contribution in [1.29, 1.82) is 0 Å². The molecule has 0 fully saturated rings. The molecule has 2 rings (SSSR count). The molecule has 0 saturated carbocycles. The molecule has 1 aliphatic rings. The van der Waals surface area contributed by atoms with Gasteiger partial charge in [-0.3, -0.25) is 0 Å². The van der Waals surface area contributed by atoms with Crippen LogP contribution in [0.4, 0.5) is 0 Å². The number of allylic oxidation sites excluding steroid dienone is 2. The van der Waals surface area contributed by atoms with Gasteiger partial charge in [0.05, 0.1) is 42.8 Å². The zero-order chi connectivity index (χ0) is 24.1. The Balaban J connectivity index is 2.79. The third-order valence-corrected chi connectivity index (χ3v) is 6.75. The number of alkyl halides is 1. The summed E-state index contributed by atoms with van der Waals surface area (Å²) in [7, 11) is -1.08. The monoisotopic (exact) mass is 529 g/mol. The van der Waals surface area contributed by atoms with Crippen molar-refractivity contribution >= 4 is 37.7 Å². The molecule has 0 atom stereocenters. The van der Waals surface area contributed by atoms with Gasteiger partial charge in [0.1, 0.15) is 5.75 Å². The van der Waals surface area contributed by atoms with Crippen LogP contribution in [0, 0.1) is 0 Å². The van der Waals surface area contributed by atoms with E-state index in [-0.39, 0.29) is 16.0 Å². The minimum atomic E-state index is -3.57. The van der Waals surface area contributed by atoms with Crippen LogP contribution in [0.25, 0.3) is 0 Å². The van der Waals surface area contributed by atoms with E-state index >= 15 is 0 Å². The molecular formula is C22H28BrNO7S. The van der Waals surface area contributed by atoms with Crippen LogP contribution in [-0.2, 0) is 28.9 Å². The second-order valence-electron chi connectivity index (χ2n) is 7.33. The highest BCUT2D eigenvalue weighted by molar-refractivity contribution is 9.09. The number of dihydropyridines is 1. The summed E-state index contributed by atoms with van der Waals surface area (Å²) < 4.78 is 40.5. The van der Waals surface area contributed by atoms with Gasteiger partial charge in [0.25, 0.3) is 0 Å². The van der Waals surface area contributed by atoms with E-state index in [0.29, 0.717) is 29.3 Å². The summed E-state index contributed by atoms with van der Waals surface area (Å²) in [6, 6.07) is 4.44. The number of ether oxygens (including phenoxy) is 3. The number of unbranched alkanes of at least 4 members (excludes halogenated alkanes) is 1. The standard InChI is InChI=1S/C22H28BrNO7S/c1-13-18(21(25)29-3)20(19(14(2)24-13)22(26)30-4)16-12-15(32(5,27)28)8-9-17(16)31-11-7-6-10-23/h8-9,12,20,24H,6-7,10-11H2,1-5H3. The maximum absolute atomic E-state index is 12.8. The number of hydrogen-bond donors (Lipinski definition) is 1. The predicted molar refractivity (Wildman–Crippen MR) is 123 cm³/mol. The Kier molecular flexibility index (Phi) is 8.91.